The summed E-state index contributed by atoms with van der Waals surface area (Å²) in [6.07, 6.45) is -0.583. The zero-order valence-electron chi connectivity index (χ0n) is 19.7. The van der Waals surface area contributed by atoms with E-state index in [0.29, 0.717) is 55.1 Å². The van der Waals surface area contributed by atoms with Gasteiger partial charge in [-0.15, -0.1) is 0 Å². The van der Waals surface area contributed by atoms with Crippen LogP contribution in [0.1, 0.15) is 34.2 Å². The number of fused-ring (bicyclic) bond motifs is 1. The molecule has 3 aromatic rings. The van der Waals surface area contributed by atoms with Gasteiger partial charge in [-0.3, -0.25) is 4.79 Å². The highest BCUT2D eigenvalue weighted by Gasteiger charge is 2.30. The summed E-state index contributed by atoms with van der Waals surface area (Å²) in [7, 11) is 0. The number of carbonyl (C=O) groups excluding carboxylic acids is 1. The highest BCUT2D eigenvalue weighted by atomic mass is 19.1. The van der Waals surface area contributed by atoms with E-state index in [4.69, 9.17) is 9.97 Å². The number of nitrogens with zero attached hydrogens (tertiary/aromatic N) is 4. The molecular formula is C26H33FN4O2. The van der Waals surface area contributed by atoms with Gasteiger partial charge in [0.25, 0.3) is 5.91 Å². The van der Waals surface area contributed by atoms with Gasteiger partial charge >= 0.3 is 0 Å². The van der Waals surface area contributed by atoms with Gasteiger partial charge in [0, 0.05) is 38.6 Å². The summed E-state index contributed by atoms with van der Waals surface area (Å²) in [6.45, 7) is 10.1. The Morgan fingerprint density at radius 2 is 1.82 bits per heavy atom. The van der Waals surface area contributed by atoms with Crippen molar-refractivity contribution < 1.29 is 15.7 Å². The number of anilines is 1. The van der Waals surface area contributed by atoms with Crippen molar-refractivity contribution in [3.63, 3.8) is 0 Å². The second kappa shape index (κ2) is 9.06. The van der Waals surface area contributed by atoms with Crippen LogP contribution < -0.4 is 4.90 Å². The first kappa shape index (κ1) is 23.1. The van der Waals surface area contributed by atoms with Crippen LogP contribution in [0, 0.1) is 18.2 Å². The van der Waals surface area contributed by atoms with Crippen LogP contribution in [-0.4, -0.2) is 58.2 Å². The second-order valence-corrected chi connectivity index (χ2v) is 9.94. The van der Waals surface area contributed by atoms with E-state index in [-0.39, 0.29) is 18.6 Å². The van der Waals surface area contributed by atoms with Crippen LogP contribution >= 0.6 is 0 Å². The topological polar surface area (TPSA) is 69.6 Å². The Morgan fingerprint density at radius 3 is 2.48 bits per heavy atom. The lowest BCUT2D eigenvalue weighted by molar-refractivity contribution is -0.142. The van der Waals surface area contributed by atoms with Gasteiger partial charge in [0.15, 0.2) is 5.82 Å². The average molecular weight is 453 g/mol. The minimum absolute atomic E-state index is 0. The number of aryl methyl sites for hydroxylation is 1. The highest BCUT2D eigenvalue weighted by molar-refractivity contribution is 5.91. The second-order valence-electron chi connectivity index (χ2n) is 9.94. The van der Waals surface area contributed by atoms with Crippen molar-refractivity contribution in [1.29, 1.82) is 0 Å². The van der Waals surface area contributed by atoms with Crippen LogP contribution in [0.4, 0.5) is 10.2 Å². The fourth-order valence-electron chi connectivity index (χ4n) is 4.29. The molecule has 1 amide bonds. The van der Waals surface area contributed by atoms with Gasteiger partial charge < -0.3 is 14.9 Å². The van der Waals surface area contributed by atoms with E-state index in [1.54, 1.807) is 11.0 Å². The van der Waals surface area contributed by atoms with E-state index >= 15 is 0 Å². The molecule has 1 aliphatic heterocycles. The number of benzene rings is 2. The summed E-state index contributed by atoms with van der Waals surface area (Å²) in [5.41, 5.74) is 2.54. The lowest BCUT2D eigenvalue weighted by Gasteiger charge is -2.37. The molecule has 6 nitrogen and oxygen atoms in total. The number of aromatic nitrogens is 2. The molecule has 2 heterocycles. The summed E-state index contributed by atoms with van der Waals surface area (Å²) in [5.74, 6) is 0.695. The predicted octanol–water partition coefficient (Wildman–Crippen LogP) is 4.44. The Bertz CT molecular complexity index is 1170. The molecule has 176 valence electrons. The van der Waals surface area contributed by atoms with Gasteiger partial charge in [-0.2, -0.15) is 0 Å². The third-order valence-electron chi connectivity index (χ3n) is 6.01. The minimum Gasteiger partial charge on any atom is -0.383 e. The molecular weight excluding hydrogens is 419 g/mol. The Labute approximate surface area is 195 Å². The zero-order valence-corrected chi connectivity index (χ0v) is 19.7. The van der Waals surface area contributed by atoms with Gasteiger partial charge in [0.1, 0.15) is 17.7 Å². The third-order valence-corrected chi connectivity index (χ3v) is 6.01. The van der Waals surface area contributed by atoms with Crippen molar-refractivity contribution in [1.82, 2.24) is 14.9 Å². The lowest BCUT2D eigenvalue weighted by Crippen LogP contribution is -2.52. The van der Waals surface area contributed by atoms with E-state index in [2.05, 4.69) is 4.90 Å². The lowest BCUT2D eigenvalue weighted by atomic mass is 9.89. The maximum absolute atomic E-state index is 14.1. The van der Waals surface area contributed by atoms with E-state index in [1.807, 2.05) is 52.0 Å². The number of hydrogen-bond donors (Lipinski definition) is 1. The maximum Gasteiger partial charge on any atom is 0.251 e. The molecule has 1 saturated heterocycles. The average Bonchev–Trinajstić information content (AvgIpc) is 2.77. The SMILES string of the molecule is Cc1ccccc1-c1nc(N2CCN(C(=O)[C@H](O)CC(C)(C)C)CC2)c2cc(F)ccc2n1.[HH]. The fourth-order valence-corrected chi connectivity index (χ4v) is 4.29. The summed E-state index contributed by atoms with van der Waals surface area (Å²) in [4.78, 5) is 26.1. The summed E-state index contributed by atoms with van der Waals surface area (Å²) in [6, 6.07) is 12.5. The van der Waals surface area contributed by atoms with Gasteiger partial charge in [-0.25, -0.2) is 14.4 Å². The van der Waals surface area contributed by atoms with Crippen LogP contribution in [0.2, 0.25) is 0 Å². The summed E-state index contributed by atoms with van der Waals surface area (Å²) >= 11 is 0. The molecule has 0 bridgehead atoms. The predicted molar refractivity (Wildman–Crippen MR) is 131 cm³/mol. The smallest absolute Gasteiger partial charge is 0.251 e. The van der Waals surface area contributed by atoms with Crippen LogP contribution in [0.25, 0.3) is 22.3 Å². The zero-order chi connectivity index (χ0) is 23.8. The number of aliphatic hydroxyl groups excluding tert-OH is 1. The quantitative estimate of drug-likeness (QED) is 0.634. The van der Waals surface area contributed by atoms with E-state index in [9.17, 15) is 14.3 Å². The maximum atomic E-state index is 14.1. The summed E-state index contributed by atoms with van der Waals surface area (Å²) < 4.78 is 14.1. The number of carbonyl (C=O) groups is 1. The molecule has 2 aromatic carbocycles. The molecule has 0 aliphatic carbocycles. The summed E-state index contributed by atoms with van der Waals surface area (Å²) in [5, 5.41) is 11.0. The third kappa shape index (κ3) is 5.14. The van der Waals surface area contributed by atoms with Gasteiger partial charge in [0.2, 0.25) is 0 Å². The van der Waals surface area contributed by atoms with Gasteiger partial charge in [0.05, 0.1) is 5.52 Å². The van der Waals surface area contributed by atoms with Crippen LogP contribution in [-0.2, 0) is 4.79 Å². The molecule has 1 atom stereocenters. The molecule has 0 spiro atoms. The first-order chi connectivity index (χ1) is 15.6. The number of hydrogen-bond acceptors (Lipinski definition) is 5. The van der Waals surface area contributed by atoms with Gasteiger partial charge in [-0.1, -0.05) is 45.0 Å². The first-order valence-corrected chi connectivity index (χ1v) is 11.4. The van der Waals surface area contributed by atoms with Crippen molar-refractivity contribution in [2.24, 2.45) is 5.41 Å². The van der Waals surface area contributed by atoms with Crippen molar-refractivity contribution in [3.8, 4) is 11.4 Å². The molecule has 0 radical (unpaired) electrons. The normalized spacial score (nSPS) is 15.7. The molecule has 0 saturated carbocycles. The van der Waals surface area contributed by atoms with E-state index in [1.165, 1.54) is 12.1 Å². The number of halogens is 1. The van der Waals surface area contributed by atoms with Crippen molar-refractivity contribution in [3.05, 3.63) is 53.8 Å². The van der Waals surface area contributed by atoms with Crippen LogP contribution in [0.15, 0.2) is 42.5 Å². The van der Waals surface area contributed by atoms with Crippen LogP contribution in [0.3, 0.4) is 0 Å². The molecule has 4 rings (SSSR count). The fraction of sp³-hybridized carbons (Fsp3) is 0.423. The number of aliphatic hydroxyl groups is 1. The standard InChI is InChI=1S/C26H31FN4O2.H2/c1-17-7-5-6-8-19(17)23-28-21-10-9-18(27)15-20(21)24(29-23)30-11-13-31(14-12-30)25(33)22(32)16-26(2,3)4;/h5-10,15,22,32H,11-14,16H2,1-4H3;1H/t22-;/m1./s1. The number of rotatable bonds is 4. The molecule has 1 N–H and O–H groups in total. The number of piperazine rings is 1. The molecule has 1 fully saturated rings. The monoisotopic (exact) mass is 452 g/mol. The molecule has 1 aromatic heterocycles. The Morgan fingerprint density at radius 1 is 1.12 bits per heavy atom. The molecule has 33 heavy (non-hydrogen) atoms. The van der Waals surface area contributed by atoms with Crippen molar-refractivity contribution in [2.45, 2.75) is 40.2 Å². The van der Waals surface area contributed by atoms with Crippen LogP contribution in [0.5, 0.6) is 0 Å². The van der Waals surface area contributed by atoms with Gasteiger partial charge in [-0.05, 0) is 42.5 Å². The molecule has 7 heteroatoms. The first-order valence-electron chi connectivity index (χ1n) is 11.4. The van der Waals surface area contributed by atoms with Crippen molar-refractivity contribution >= 4 is 22.6 Å². The Hall–Kier alpha value is -3.06. The number of amides is 1. The largest absolute Gasteiger partial charge is 0.383 e. The van der Waals surface area contributed by atoms with E-state index < -0.39 is 6.10 Å². The molecule has 1 aliphatic rings. The highest BCUT2D eigenvalue weighted by Crippen LogP contribution is 2.30. The van der Waals surface area contributed by atoms with E-state index in [0.717, 1.165) is 11.1 Å². The Kier molecular flexibility index (Phi) is 6.34. The Balaban J connectivity index is 0.00000324. The minimum atomic E-state index is -1.00. The van der Waals surface area contributed by atoms with Crippen molar-refractivity contribution in [2.75, 3.05) is 31.1 Å². The molecule has 0 unspecified atom stereocenters.